The minimum Gasteiger partial charge on any atom is -0.494 e. The summed E-state index contributed by atoms with van der Waals surface area (Å²) in [5.41, 5.74) is 0.835. The second-order valence-electron chi connectivity index (χ2n) is 7.89. The molecule has 190 valence electrons. The zero-order chi connectivity index (χ0) is 26.2. The molecule has 2 aromatic carbocycles. The zero-order valence-corrected chi connectivity index (χ0v) is 19.7. The van der Waals surface area contributed by atoms with Gasteiger partial charge in [0.1, 0.15) is 5.75 Å². The monoisotopic (exact) mass is 499 g/mol. The van der Waals surface area contributed by atoms with Gasteiger partial charge < -0.3 is 24.4 Å². The lowest BCUT2D eigenvalue weighted by molar-refractivity contribution is -0.384. The highest BCUT2D eigenvalue weighted by Crippen LogP contribution is 2.36. The van der Waals surface area contributed by atoms with Crippen LogP contribution in [-0.2, 0) is 23.9 Å². The van der Waals surface area contributed by atoms with Crippen molar-refractivity contribution in [3.63, 3.8) is 0 Å². The number of hydrogen-bond donors (Lipinski definition) is 1. The number of non-ortho nitro benzene ring substituents is 1. The molecule has 0 bridgehead atoms. The molecule has 12 heteroatoms. The Morgan fingerprint density at radius 3 is 2.50 bits per heavy atom. The Kier molecular flexibility index (Phi) is 8.55. The number of amides is 2. The highest BCUT2D eigenvalue weighted by Gasteiger charge is 2.37. The number of benzene rings is 2. The van der Waals surface area contributed by atoms with Gasteiger partial charge in [0.05, 0.1) is 41.9 Å². The number of nitrogens with zero attached hydrogens (tertiary/aromatic N) is 2. The van der Waals surface area contributed by atoms with Gasteiger partial charge in [0.2, 0.25) is 5.91 Å². The first-order valence-corrected chi connectivity index (χ1v) is 11.1. The summed E-state index contributed by atoms with van der Waals surface area (Å²) < 4.78 is 15.3. The van der Waals surface area contributed by atoms with Gasteiger partial charge >= 0.3 is 11.9 Å². The number of esters is 2. The van der Waals surface area contributed by atoms with E-state index in [1.54, 1.807) is 0 Å². The fourth-order valence-corrected chi connectivity index (χ4v) is 3.52. The Hall–Kier alpha value is -4.48. The fraction of sp³-hybridized carbons (Fsp3) is 0.333. The Morgan fingerprint density at radius 1 is 1.14 bits per heavy atom. The number of carbonyl (C=O) groups is 4. The number of anilines is 2. The number of nitro groups is 1. The van der Waals surface area contributed by atoms with Crippen molar-refractivity contribution < 1.29 is 38.3 Å². The van der Waals surface area contributed by atoms with Crippen LogP contribution < -0.4 is 15.0 Å². The molecule has 1 aliphatic rings. The lowest BCUT2D eigenvalue weighted by atomic mass is 10.1. The smallest absolute Gasteiger partial charge is 0.338 e. The van der Waals surface area contributed by atoms with Crippen LogP contribution in [0.1, 0.15) is 30.1 Å². The van der Waals surface area contributed by atoms with Crippen molar-refractivity contribution in [3.05, 3.63) is 58.1 Å². The molecule has 0 saturated carbocycles. The third-order valence-electron chi connectivity index (χ3n) is 5.31. The molecule has 1 aliphatic heterocycles. The summed E-state index contributed by atoms with van der Waals surface area (Å²) in [5.74, 6) is -2.87. The number of nitrogens with one attached hydrogen (secondary N) is 1. The van der Waals surface area contributed by atoms with E-state index < -0.39 is 35.3 Å². The van der Waals surface area contributed by atoms with Crippen LogP contribution in [-0.4, -0.2) is 55.5 Å². The maximum Gasteiger partial charge on any atom is 0.338 e. The molecule has 0 aliphatic carbocycles. The molecule has 36 heavy (non-hydrogen) atoms. The maximum absolute atomic E-state index is 12.5. The van der Waals surface area contributed by atoms with Crippen LogP contribution in [0.15, 0.2) is 42.5 Å². The molecule has 0 spiro atoms. The predicted molar refractivity (Wildman–Crippen MR) is 127 cm³/mol. The minimum absolute atomic E-state index is 0.0248. The largest absolute Gasteiger partial charge is 0.494 e. The van der Waals surface area contributed by atoms with Crippen molar-refractivity contribution in [2.24, 2.45) is 5.92 Å². The second-order valence-corrected chi connectivity index (χ2v) is 7.89. The van der Waals surface area contributed by atoms with E-state index in [1.807, 2.05) is 6.92 Å². The number of methoxy groups -OCH3 is 1. The van der Waals surface area contributed by atoms with Gasteiger partial charge in [0.25, 0.3) is 11.6 Å². The van der Waals surface area contributed by atoms with Crippen molar-refractivity contribution in [2.75, 3.05) is 37.1 Å². The van der Waals surface area contributed by atoms with Gasteiger partial charge in [-0.2, -0.15) is 0 Å². The van der Waals surface area contributed by atoms with E-state index in [0.717, 1.165) is 0 Å². The molecule has 1 saturated heterocycles. The third kappa shape index (κ3) is 6.34. The van der Waals surface area contributed by atoms with Crippen molar-refractivity contribution in [3.8, 4) is 5.75 Å². The summed E-state index contributed by atoms with van der Waals surface area (Å²) in [5, 5.41) is 13.5. The van der Waals surface area contributed by atoms with E-state index in [1.165, 1.54) is 54.5 Å². The summed E-state index contributed by atoms with van der Waals surface area (Å²) in [7, 11) is 1.32. The van der Waals surface area contributed by atoms with Gasteiger partial charge in [-0.3, -0.25) is 24.5 Å². The molecule has 1 heterocycles. The van der Waals surface area contributed by atoms with E-state index in [2.05, 4.69) is 5.32 Å². The Balaban J connectivity index is 1.53. The Morgan fingerprint density at radius 2 is 1.86 bits per heavy atom. The maximum atomic E-state index is 12.5. The van der Waals surface area contributed by atoms with Gasteiger partial charge in [-0.05, 0) is 36.8 Å². The number of carbonyl (C=O) groups excluding carboxylic acids is 4. The summed E-state index contributed by atoms with van der Waals surface area (Å²) >= 11 is 0. The molecule has 12 nitrogen and oxygen atoms in total. The van der Waals surface area contributed by atoms with Crippen molar-refractivity contribution in [2.45, 2.75) is 19.8 Å². The van der Waals surface area contributed by atoms with Crippen LogP contribution in [0.25, 0.3) is 0 Å². The van der Waals surface area contributed by atoms with E-state index >= 15 is 0 Å². The normalized spacial score (nSPS) is 14.8. The first-order chi connectivity index (χ1) is 17.2. The average molecular weight is 499 g/mol. The van der Waals surface area contributed by atoms with Crippen LogP contribution in [0.3, 0.4) is 0 Å². The molecule has 1 fully saturated rings. The minimum atomic E-state index is -0.821. The third-order valence-corrected chi connectivity index (χ3v) is 5.31. The SMILES string of the molecule is CCCOC(=O)c1ccc(NC(=O)COC(=O)[C@@H]2CC(=O)N(c3ccc([N+](=O)[O-])cc3OC)C2)cc1. The van der Waals surface area contributed by atoms with Crippen molar-refractivity contribution in [1.82, 2.24) is 0 Å². The highest BCUT2D eigenvalue weighted by atomic mass is 16.6. The molecule has 1 N–H and O–H groups in total. The van der Waals surface area contributed by atoms with Gasteiger partial charge in [0, 0.05) is 24.7 Å². The molecule has 2 amide bonds. The summed E-state index contributed by atoms with van der Waals surface area (Å²) in [6, 6.07) is 9.86. The van der Waals surface area contributed by atoms with E-state index in [0.29, 0.717) is 30.0 Å². The first kappa shape index (κ1) is 26.1. The zero-order valence-electron chi connectivity index (χ0n) is 19.7. The number of nitro benzene ring substituents is 1. The van der Waals surface area contributed by atoms with Gasteiger partial charge in [0.15, 0.2) is 6.61 Å². The summed E-state index contributed by atoms with van der Waals surface area (Å²) in [4.78, 5) is 60.7. The van der Waals surface area contributed by atoms with Gasteiger partial charge in [-0.25, -0.2) is 4.79 Å². The molecule has 1 atom stereocenters. The number of hydrogen-bond acceptors (Lipinski definition) is 9. The number of ether oxygens (including phenoxy) is 3. The molecule has 3 rings (SSSR count). The predicted octanol–water partition coefficient (Wildman–Crippen LogP) is 2.71. The molecule has 2 aromatic rings. The topological polar surface area (TPSA) is 154 Å². The molecular weight excluding hydrogens is 474 g/mol. The van der Waals surface area contributed by atoms with E-state index in [-0.39, 0.29) is 30.3 Å². The van der Waals surface area contributed by atoms with Crippen LogP contribution in [0.5, 0.6) is 5.75 Å². The summed E-state index contributed by atoms with van der Waals surface area (Å²) in [6.07, 6.45) is 0.563. The highest BCUT2D eigenvalue weighted by molar-refractivity contribution is 6.01. The standard InChI is InChI=1S/C24H25N3O9/c1-3-10-35-23(30)15-4-6-17(7-5-15)25-21(28)14-36-24(31)16-11-22(29)26(13-16)19-9-8-18(27(32)33)12-20(19)34-2/h4-9,12,16H,3,10-11,13-14H2,1-2H3,(H,25,28)/t16-/m1/s1. The quantitative estimate of drug-likeness (QED) is 0.295. The molecule has 0 aromatic heterocycles. The van der Waals surface area contributed by atoms with Crippen LogP contribution >= 0.6 is 0 Å². The fourth-order valence-electron chi connectivity index (χ4n) is 3.52. The van der Waals surface area contributed by atoms with E-state index in [9.17, 15) is 29.3 Å². The lowest BCUT2D eigenvalue weighted by Gasteiger charge is -2.19. The molecular formula is C24H25N3O9. The average Bonchev–Trinajstić information content (AvgIpc) is 3.27. The van der Waals surface area contributed by atoms with Gasteiger partial charge in [-0.15, -0.1) is 0 Å². The van der Waals surface area contributed by atoms with Crippen LogP contribution in [0.4, 0.5) is 17.1 Å². The lowest BCUT2D eigenvalue weighted by Crippen LogP contribution is -2.28. The molecule has 0 unspecified atom stereocenters. The Bertz CT molecular complexity index is 1160. The van der Waals surface area contributed by atoms with Crippen LogP contribution in [0, 0.1) is 16.0 Å². The van der Waals surface area contributed by atoms with Crippen LogP contribution in [0.2, 0.25) is 0 Å². The number of rotatable bonds is 10. The van der Waals surface area contributed by atoms with Crippen molar-refractivity contribution in [1.29, 1.82) is 0 Å². The van der Waals surface area contributed by atoms with Gasteiger partial charge in [-0.1, -0.05) is 6.92 Å². The second kappa shape index (κ2) is 11.8. The van der Waals surface area contributed by atoms with Crippen molar-refractivity contribution >= 4 is 40.8 Å². The summed E-state index contributed by atoms with van der Waals surface area (Å²) in [6.45, 7) is 1.61. The Labute approximate surface area is 206 Å². The molecule has 0 radical (unpaired) electrons. The van der Waals surface area contributed by atoms with E-state index in [4.69, 9.17) is 14.2 Å². The first-order valence-electron chi connectivity index (χ1n) is 11.1.